The van der Waals surface area contributed by atoms with Gasteiger partial charge in [0.25, 0.3) is 5.69 Å². The molecular weight excluding hydrogens is 462 g/mol. The normalized spacial score (nSPS) is 13.5. The molecular formula is C28H40ClN3O3. The van der Waals surface area contributed by atoms with Gasteiger partial charge in [0.05, 0.1) is 4.92 Å². The Labute approximate surface area is 215 Å². The summed E-state index contributed by atoms with van der Waals surface area (Å²) in [5.41, 5.74) is 1.57. The molecule has 0 saturated carbocycles. The number of aromatic hydroxyl groups is 1. The number of benzene rings is 2. The second-order valence-electron chi connectivity index (χ2n) is 13.2. The number of halogens is 1. The summed E-state index contributed by atoms with van der Waals surface area (Å²) in [6.45, 7) is 21.8. The molecule has 6 nitrogen and oxygen atoms in total. The first kappa shape index (κ1) is 28.8. The van der Waals surface area contributed by atoms with Gasteiger partial charge in [0.1, 0.15) is 11.4 Å². The maximum atomic E-state index is 11.5. The molecule has 0 aliphatic heterocycles. The van der Waals surface area contributed by atoms with Crippen LogP contribution in [0, 0.1) is 20.9 Å². The number of nitro benzene ring substituents is 1. The van der Waals surface area contributed by atoms with E-state index in [1.165, 1.54) is 18.2 Å². The van der Waals surface area contributed by atoms with Gasteiger partial charge in [-0.25, -0.2) is 0 Å². The van der Waals surface area contributed by atoms with Crippen LogP contribution in [-0.2, 0) is 10.8 Å². The number of phenolic OH excluding ortho intramolecular Hbond substituents is 1. The molecule has 0 aliphatic rings. The number of azo groups is 1. The summed E-state index contributed by atoms with van der Waals surface area (Å²) >= 11 is 5.93. The van der Waals surface area contributed by atoms with Crippen molar-refractivity contribution in [1.82, 2.24) is 0 Å². The average Bonchev–Trinajstić information content (AvgIpc) is 2.63. The minimum Gasteiger partial charge on any atom is -0.505 e. The number of hydrogen-bond donors (Lipinski definition) is 1. The fraction of sp³-hybridized carbons (Fsp3) is 0.571. The number of nitrogens with zero attached hydrogens (tertiary/aromatic N) is 3. The molecule has 35 heavy (non-hydrogen) atoms. The first-order valence-electron chi connectivity index (χ1n) is 12.0. The minimum atomic E-state index is -0.541. The Kier molecular flexibility index (Phi) is 8.12. The molecule has 0 heterocycles. The van der Waals surface area contributed by atoms with Gasteiger partial charge < -0.3 is 5.11 Å². The lowest BCUT2D eigenvalue weighted by Crippen LogP contribution is -2.28. The second kappa shape index (κ2) is 9.88. The average molecular weight is 502 g/mol. The third-order valence-electron chi connectivity index (χ3n) is 5.94. The van der Waals surface area contributed by atoms with Crippen LogP contribution >= 0.6 is 11.6 Å². The van der Waals surface area contributed by atoms with Crippen molar-refractivity contribution in [1.29, 1.82) is 0 Å². The Morgan fingerprint density at radius 2 is 1.34 bits per heavy atom. The molecule has 0 aliphatic carbocycles. The third-order valence-corrected chi connectivity index (χ3v) is 6.18. The van der Waals surface area contributed by atoms with Crippen molar-refractivity contribution in [2.45, 2.75) is 92.9 Å². The minimum absolute atomic E-state index is 0.0402. The fourth-order valence-electron chi connectivity index (χ4n) is 5.29. The second-order valence-corrected chi connectivity index (χ2v) is 13.7. The summed E-state index contributed by atoms with van der Waals surface area (Å²) < 4.78 is 0. The molecule has 2 rings (SSSR count). The fourth-order valence-corrected chi connectivity index (χ4v) is 5.45. The highest BCUT2D eigenvalue weighted by Gasteiger charge is 2.34. The molecule has 0 fully saturated rings. The Hall–Kier alpha value is -2.47. The van der Waals surface area contributed by atoms with E-state index in [2.05, 4.69) is 85.5 Å². The summed E-state index contributed by atoms with van der Waals surface area (Å²) in [5.74, 6) is 0.0509. The summed E-state index contributed by atoms with van der Waals surface area (Å²) in [5, 5.41) is 31.5. The van der Waals surface area contributed by atoms with Gasteiger partial charge in [-0.05, 0) is 58.3 Å². The van der Waals surface area contributed by atoms with Gasteiger partial charge in [-0.15, -0.1) is 10.2 Å². The Morgan fingerprint density at radius 3 is 1.86 bits per heavy atom. The van der Waals surface area contributed by atoms with Gasteiger partial charge in [0, 0.05) is 16.7 Å². The van der Waals surface area contributed by atoms with Crippen molar-refractivity contribution in [2.24, 2.45) is 21.1 Å². The highest BCUT2D eigenvalue weighted by Crippen LogP contribution is 2.47. The van der Waals surface area contributed by atoms with Crippen LogP contribution in [0.5, 0.6) is 5.75 Å². The molecule has 2 aromatic carbocycles. The van der Waals surface area contributed by atoms with Crippen LogP contribution in [0.1, 0.15) is 93.2 Å². The maximum Gasteiger partial charge on any atom is 0.298 e. The van der Waals surface area contributed by atoms with Gasteiger partial charge in [-0.2, -0.15) is 0 Å². The van der Waals surface area contributed by atoms with Crippen molar-refractivity contribution in [3.8, 4) is 5.75 Å². The number of hydrogen-bond acceptors (Lipinski definition) is 5. The summed E-state index contributed by atoms with van der Waals surface area (Å²) in [6, 6.07) is 8.18. The van der Waals surface area contributed by atoms with E-state index in [9.17, 15) is 15.2 Å². The van der Waals surface area contributed by atoms with Gasteiger partial charge in [-0.3, -0.25) is 10.1 Å². The predicted molar refractivity (Wildman–Crippen MR) is 145 cm³/mol. The molecule has 7 heteroatoms. The monoisotopic (exact) mass is 501 g/mol. The van der Waals surface area contributed by atoms with Gasteiger partial charge in [-0.1, -0.05) is 86.9 Å². The first-order valence-corrected chi connectivity index (χ1v) is 12.3. The lowest BCUT2D eigenvalue weighted by atomic mass is 9.68. The van der Waals surface area contributed by atoms with Crippen LogP contribution in [0.15, 0.2) is 40.6 Å². The van der Waals surface area contributed by atoms with Gasteiger partial charge >= 0.3 is 0 Å². The van der Waals surface area contributed by atoms with E-state index in [4.69, 9.17) is 11.6 Å². The van der Waals surface area contributed by atoms with E-state index in [1.807, 2.05) is 6.07 Å². The van der Waals surface area contributed by atoms with E-state index in [-0.39, 0.29) is 43.8 Å². The van der Waals surface area contributed by atoms with Crippen LogP contribution in [0.4, 0.5) is 17.1 Å². The van der Waals surface area contributed by atoms with E-state index in [0.29, 0.717) is 5.69 Å². The molecule has 1 N–H and O–H groups in total. The van der Waals surface area contributed by atoms with E-state index in [0.717, 1.165) is 24.0 Å². The van der Waals surface area contributed by atoms with Crippen molar-refractivity contribution in [2.75, 3.05) is 0 Å². The topological polar surface area (TPSA) is 88.1 Å². The first-order chi connectivity index (χ1) is 15.7. The number of rotatable bonds is 7. The van der Waals surface area contributed by atoms with Crippen LogP contribution in [-0.4, -0.2) is 10.0 Å². The zero-order chi connectivity index (χ0) is 27.0. The van der Waals surface area contributed by atoms with Crippen LogP contribution in [0.25, 0.3) is 0 Å². The smallest absolute Gasteiger partial charge is 0.298 e. The standard InChI is InChI=1S/C28H40ClN3O3/c1-25(2,3)16-27(7,8)18-13-20(28(9,10)17-26(4,5)6)24(33)22(14-18)31-30-21-12-11-19(29)15-23(21)32(34)35/h11-15,33H,16-17H2,1-10H3/b31-30+. The largest absolute Gasteiger partial charge is 0.505 e. The summed E-state index contributed by atoms with van der Waals surface area (Å²) in [4.78, 5) is 10.9. The quantitative estimate of drug-likeness (QED) is 0.232. The number of nitro groups is 1. The van der Waals surface area contributed by atoms with Gasteiger partial charge in [0.2, 0.25) is 0 Å². The molecule has 2 aromatic rings. The molecule has 0 amide bonds. The van der Waals surface area contributed by atoms with Crippen molar-refractivity contribution >= 4 is 28.7 Å². The molecule has 0 atom stereocenters. The van der Waals surface area contributed by atoms with Crippen molar-refractivity contribution < 1.29 is 10.0 Å². The van der Waals surface area contributed by atoms with Crippen molar-refractivity contribution in [3.63, 3.8) is 0 Å². The molecule has 0 radical (unpaired) electrons. The van der Waals surface area contributed by atoms with Crippen molar-refractivity contribution in [3.05, 3.63) is 56.6 Å². The highest BCUT2D eigenvalue weighted by molar-refractivity contribution is 6.30. The third kappa shape index (κ3) is 7.76. The highest BCUT2D eigenvalue weighted by atomic mass is 35.5. The zero-order valence-corrected chi connectivity index (χ0v) is 23.5. The molecule has 0 bridgehead atoms. The molecule has 0 spiro atoms. The molecule has 0 aromatic heterocycles. The Morgan fingerprint density at radius 1 is 0.829 bits per heavy atom. The van der Waals surface area contributed by atoms with E-state index in [1.54, 1.807) is 0 Å². The SMILES string of the molecule is CC(C)(C)CC(C)(C)c1cc(/N=N/c2ccc(Cl)cc2[N+](=O)[O-])c(O)c(C(C)(C)CC(C)(C)C)c1. The Bertz CT molecular complexity index is 1120. The lowest BCUT2D eigenvalue weighted by molar-refractivity contribution is -0.384. The predicted octanol–water partition coefficient (Wildman–Crippen LogP) is 9.80. The molecule has 192 valence electrons. The van der Waals surface area contributed by atoms with Crippen LogP contribution in [0.3, 0.4) is 0 Å². The zero-order valence-electron chi connectivity index (χ0n) is 22.8. The molecule has 0 saturated heterocycles. The summed E-state index contributed by atoms with van der Waals surface area (Å²) in [7, 11) is 0. The Balaban J connectivity index is 2.73. The van der Waals surface area contributed by atoms with E-state index >= 15 is 0 Å². The van der Waals surface area contributed by atoms with Gasteiger partial charge in [0.15, 0.2) is 5.69 Å². The summed E-state index contributed by atoms with van der Waals surface area (Å²) in [6.07, 6.45) is 1.76. The van der Waals surface area contributed by atoms with E-state index < -0.39 is 4.92 Å². The molecule has 0 unspecified atom stereocenters. The maximum absolute atomic E-state index is 11.5. The lowest BCUT2D eigenvalue weighted by Gasteiger charge is -2.37. The van der Waals surface area contributed by atoms with Crippen LogP contribution in [0.2, 0.25) is 5.02 Å². The van der Waals surface area contributed by atoms with Crippen LogP contribution < -0.4 is 0 Å². The number of phenols is 1.